The molecule has 0 aliphatic carbocycles. The van der Waals surface area contributed by atoms with Crippen LogP contribution in [-0.2, 0) is 13.6 Å². The molecule has 118 valence electrons. The summed E-state index contributed by atoms with van der Waals surface area (Å²) in [6.45, 7) is 1.77. The van der Waals surface area contributed by atoms with Gasteiger partial charge in [-0.25, -0.2) is 4.68 Å². The van der Waals surface area contributed by atoms with Crippen molar-refractivity contribution >= 4 is 5.91 Å². The van der Waals surface area contributed by atoms with Crippen molar-refractivity contribution in [2.24, 2.45) is 7.05 Å². The molecule has 23 heavy (non-hydrogen) atoms. The predicted octanol–water partition coefficient (Wildman–Crippen LogP) is 0.0567. The van der Waals surface area contributed by atoms with Crippen LogP contribution in [0.25, 0.3) is 11.5 Å². The first-order valence-electron chi connectivity index (χ1n) is 6.62. The molecule has 3 aromatic rings. The van der Waals surface area contributed by atoms with Crippen molar-refractivity contribution in [3.05, 3.63) is 45.9 Å². The van der Waals surface area contributed by atoms with Crippen molar-refractivity contribution in [2.45, 2.75) is 13.5 Å². The second kappa shape index (κ2) is 5.83. The van der Waals surface area contributed by atoms with Crippen molar-refractivity contribution in [1.82, 2.24) is 30.4 Å². The van der Waals surface area contributed by atoms with Gasteiger partial charge in [0.1, 0.15) is 11.5 Å². The molecule has 0 aromatic carbocycles. The minimum absolute atomic E-state index is 0.0210. The number of aromatic nitrogens is 5. The SMILES string of the molecule is Cc1cc(-c2noc(CNC(=O)c3ccc(=O)n(C)n3)n2)no1. The molecule has 0 fully saturated rings. The van der Waals surface area contributed by atoms with Gasteiger partial charge in [-0.3, -0.25) is 9.59 Å². The molecule has 3 rings (SSSR count). The standard InChI is InChI=1S/C13H12N6O4/c1-7-5-9(17-22-7)12-15-10(23-18-12)6-14-13(21)8-3-4-11(20)19(2)16-8/h3-5H,6H2,1-2H3,(H,14,21). The number of rotatable bonds is 4. The molecule has 3 heterocycles. The summed E-state index contributed by atoms with van der Waals surface area (Å²) in [4.78, 5) is 27.3. The fourth-order valence-corrected chi connectivity index (χ4v) is 1.77. The van der Waals surface area contributed by atoms with Gasteiger partial charge in [0.25, 0.3) is 11.5 Å². The molecule has 0 spiro atoms. The molecule has 10 nitrogen and oxygen atoms in total. The van der Waals surface area contributed by atoms with Crippen molar-refractivity contribution in [1.29, 1.82) is 0 Å². The van der Waals surface area contributed by atoms with Gasteiger partial charge in [0.2, 0.25) is 11.7 Å². The van der Waals surface area contributed by atoms with Gasteiger partial charge < -0.3 is 14.4 Å². The fraction of sp³-hybridized carbons (Fsp3) is 0.231. The highest BCUT2D eigenvalue weighted by Gasteiger charge is 2.14. The van der Waals surface area contributed by atoms with Crippen molar-refractivity contribution in [3.63, 3.8) is 0 Å². The van der Waals surface area contributed by atoms with E-state index in [1.165, 1.54) is 19.2 Å². The second-order valence-electron chi connectivity index (χ2n) is 4.70. The normalized spacial score (nSPS) is 10.7. The molecule has 0 atom stereocenters. The highest BCUT2D eigenvalue weighted by Crippen LogP contribution is 2.14. The second-order valence-corrected chi connectivity index (χ2v) is 4.70. The van der Waals surface area contributed by atoms with E-state index in [-0.39, 0.29) is 29.5 Å². The van der Waals surface area contributed by atoms with Crippen LogP contribution in [0.1, 0.15) is 22.1 Å². The lowest BCUT2D eigenvalue weighted by Gasteiger charge is -2.02. The molecule has 0 saturated heterocycles. The number of hydrogen-bond donors (Lipinski definition) is 1. The molecule has 0 unspecified atom stereocenters. The molecule has 0 aliphatic heterocycles. The summed E-state index contributed by atoms with van der Waals surface area (Å²) >= 11 is 0. The first-order valence-corrected chi connectivity index (χ1v) is 6.62. The third-order valence-electron chi connectivity index (χ3n) is 2.92. The Balaban J connectivity index is 1.66. The molecular weight excluding hydrogens is 304 g/mol. The lowest BCUT2D eigenvalue weighted by molar-refractivity contribution is 0.0939. The Hall–Kier alpha value is -3.30. The van der Waals surface area contributed by atoms with E-state index in [1.54, 1.807) is 13.0 Å². The number of hydrogen-bond acceptors (Lipinski definition) is 8. The highest BCUT2D eigenvalue weighted by atomic mass is 16.5. The fourth-order valence-electron chi connectivity index (χ4n) is 1.77. The topological polar surface area (TPSA) is 129 Å². The van der Waals surface area contributed by atoms with Crippen LogP contribution in [0.15, 0.2) is 32.0 Å². The van der Waals surface area contributed by atoms with Gasteiger partial charge in [-0.05, 0) is 13.0 Å². The largest absolute Gasteiger partial charge is 0.361 e. The van der Waals surface area contributed by atoms with Crippen LogP contribution < -0.4 is 10.9 Å². The average Bonchev–Trinajstić information content (AvgIpc) is 3.16. The van der Waals surface area contributed by atoms with Crippen molar-refractivity contribution in [2.75, 3.05) is 0 Å². The number of carbonyl (C=O) groups excluding carboxylic acids is 1. The molecule has 0 bridgehead atoms. The van der Waals surface area contributed by atoms with Gasteiger partial charge >= 0.3 is 0 Å². The molecular formula is C13H12N6O4. The highest BCUT2D eigenvalue weighted by molar-refractivity contribution is 5.91. The Kier molecular flexibility index (Phi) is 3.71. The minimum atomic E-state index is -0.461. The number of nitrogens with one attached hydrogen (secondary N) is 1. The number of amides is 1. The monoisotopic (exact) mass is 316 g/mol. The number of aryl methyl sites for hydroxylation is 2. The molecule has 0 aliphatic rings. The maximum absolute atomic E-state index is 12.0. The summed E-state index contributed by atoms with van der Waals surface area (Å²) in [7, 11) is 1.46. The number of carbonyl (C=O) groups is 1. The minimum Gasteiger partial charge on any atom is -0.361 e. The molecule has 0 saturated carbocycles. The van der Waals surface area contributed by atoms with E-state index < -0.39 is 5.91 Å². The Labute approximate surface area is 129 Å². The summed E-state index contributed by atoms with van der Waals surface area (Å²) in [6, 6.07) is 4.27. The summed E-state index contributed by atoms with van der Waals surface area (Å²) < 4.78 is 11.0. The van der Waals surface area contributed by atoms with E-state index in [9.17, 15) is 9.59 Å². The van der Waals surface area contributed by atoms with E-state index in [0.717, 1.165) is 4.68 Å². The van der Waals surface area contributed by atoms with Gasteiger partial charge in [0.05, 0.1) is 6.54 Å². The van der Waals surface area contributed by atoms with Crippen LogP contribution in [0.4, 0.5) is 0 Å². The summed E-state index contributed by atoms with van der Waals surface area (Å²) in [6.07, 6.45) is 0. The maximum Gasteiger partial charge on any atom is 0.272 e. The average molecular weight is 316 g/mol. The molecule has 0 radical (unpaired) electrons. The van der Waals surface area contributed by atoms with Gasteiger partial charge in [0, 0.05) is 19.2 Å². The van der Waals surface area contributed by atoms with E-state index in [0.29, 0.717) is 11.5 Å². The van der Waals surface area contributed by atoms with E-state index >= 15 is 0 Å². The molecule has 10 heteroatoms. The maximum atomic E-state index is 12.0. The van der Waals surface area contributed by atoms with Gasteiger partial charge in [0.15, 0.2) is 5.69 Å². The molecule has 1 N–H and O–H groups in total. The van der Waals surface area contributed by atoms with Gasteiger partial charge in [-0.2, -0.15) is 10.1 Å². The van der Waals surface area contributed by atoms with Gasteiger partial charge in [-0.15, -0.1) is 0 Å². The van der Waals surface area contributed by atoms with E-state index in [4.69, 9.17) is 9.05 Å². The van der Waals surface area contributed by atoms with Crippen LogP contribution in [0, 0.1) is 6.92 Å². The lowest BCUT2D eigenvalue weighted by atomic mass is 10.3. The van der Waals surface area contributed by atoms with Crippen LogP contribution in [0.3, 0.4) is 0 Å². The smallest absolute Gasteiger partial charge is 0.272 e. The van der Waals surface area contributed by atoms with Crippen LogP contribution >= 0.6 is 0 Å². The Bertz CT molecular complexity index is 909. The summed E-state index contributed by atoms with van der Waals surface area (Å²) in [5, 5.41) is 13.9. The number of nitrogens with zero attached hydrogens (tertiary/aromatic N) is 5. The predicted molar refractivity (Wildman–Crippen MR) is 75.2 cm³/mol. The zero-order valence-electron chi connectivity index (χ0n) is 12.3. The van der Waals surface area contributed by atoms with Crippen LogP contribution in [-0.4, -0.2) is 31.0 Å². The van der Waals surface area contributed by atoms with E-state index in [2.05, 4.69) is 25.7 Å². The third-order valence-corrected chi connectivity index (χ3v) is 2.92. The zero-order valence-corrected chi connectivity index (χ0v) is 12.3. The lowest BCUT2D eigenvalue weighted by Crippen LogP contribution is -2.28. The Morgan fingerprint density at radius 3 is 2.83 bits per heavy atom. The van der Waals surface area contributed by atoms with Crippen LogP contribution in [0.2, 0.25) is 0 Å². The van der Waals surface area contributed by atoms with Crippen molar-refractivity contribution < 1.29 is 13.8 Å². The zero-order chi connectivity index (χ0) is 16.4. The molecule has 1 amide bonds. The quantitative estimate of drug-likeness (QED) is 0.715. The first-order chi connectivity index (χ1) is 11.0. The first kappa shape index (κ1) is 14.6. The van der Waals surface area contributed by atoms with E-state index in [1.807, 2.05) is 0 Å². The summed E-state index contributed by atoms with van der Waals surface area (Å²) in [5.41, 5.74) is 0.258. The molecule has 3 aromatic heterocycles. The Morgan fingerprint density at radius 2 is 2.13 bits per heavy atom. The third kappa shape index (κ3) is 3.15. The van der Waals surface area contributed by atoms with Gasteiger partial charge in [-0.1, -0.05) is 10.3 Å². The summed E-state index contributed by atoms with van der Waals surface area (Å²) in [5.74, 6) is 0.642. The Morgan fingerprint density at radius 1 is 1.30 bits per heavy atom. The van der Waals surface area contributed by atoms with Crippen LogP contribution in [0.5, 0.6) is 0 Å². The van der Waals surface area contributed by atoms with Crippen molar-refractivity contribution in [3.8, 4) is 11.5 Å².